The first kappa shape index (κ1) is 12.5. The van der Waals surface area contributed by atoms with Crippen LogP contribution in [0.25, 0.3) is 0 Å². The summed E-state index contributed by atoms with van der Waals surface area (Å²) in [4.78, 5) is 0. The lowest BCUT2D eigenvalue weighted by atomic mass is 10.2. The Balaban J connectivity index is 2.26. The second-order valence-corrected chi connectivity index (χ2v) is 4.98. The van der Waals surface area contributed by atoms with Crippen LogP contribution in [0, 0.1) is 6.92 Å². The molecule has 0 saturated carbocycles. The molecule has 2 rings (SSSR count). The first-order valence-corrected chi connectivity index (χ1v) is 6.60. The van der Waals surface area contributed by atoms with E-state index in [1.807, 2.05) is 49.4 Å². The number of halogens is 2. The second kappa shape index (κ2) is 5.56. The number of benzene rings is 2. The number of rotatable bonds is 3. The van der Waals surface area contributed by atoms with E-state index in [0.717, 1.165) is 21.5 Å². The molecule has 88 valence electrons. The molecule has 17 heavy (non-hydrogen) atoms. The van der Waals surface area contributed by atoms with Crippen LogP contribution in [0.5, 0.6) is 11.5 Å². The smallest absolute Gasteiger partial charge is 0.131 e. The summed E-state index contributed by atoms with van der Waals surface area (Å²) < 4.78 is 6.81. The molecule has 0 aliphatic rings. The Morgan fingerprint density at radius 1 is 1.12 bits per heavy atom. The minimum atomic E-state index is 0.431. The van der Waals surface area contributed by atoms with Gasteiger partial charge in [-0.05, 0) is 37.3 Å². The number of hydrogen-bond donors (Lipinski definition) is 0. The van der Waals surface area contributed by atoms with Crippen molar-refractivity contribution in [2.24, 2.45) is 0 Å². The third-order valence-electron chi connectivity index (χ3n) is 2.42. The van der Waals surface area contributed by atoms with Crippen LogP contribution in [0.4, 0.5) is 0 Å². The van der Waals surface area contributed by atoms with Crippen molar-refractivity contribution in [3.05, 3.63) is 58.1 Å². The van der Waals surface area contributed by atoms with Crippen molar-refractivity contribution in [3.8, 4) is 11.5 Å². The summed E-state index contributed by atoms with van der Waals surface area (Å²) in [6.45, 7) is 2.05. The first-order chi connectivity index (χ1) is 8.19. The Hall–Kier alpha value is -0.990. The molecule has 0 heterocycles. The van der Waals surface area contributed by atoms with E-state index in [0.29, 0.717) is 5.88 Å². The first-order valence-electron chi connectivity index (χ1n) is 5.28. The quantitative estimate of drug-likeness (QED) is 0.700. The molecule has 0 spiro atoms. The summed E-state index contributed by atoms with van der Waals surface area (Å²) in [5.74, 6) is 2.05. The number of ether oxygens (including phenoxy) is 1. The zero-order valence-electron chi connectivity index (χ0n) is 9.41. The van der Waals surface area contributed by atoms with Gasteiger partial charge in [0.2, 0.25) is 0 Å². The molecule has 0 N–H and O–H groups in total. The predicted octanol–water partition coefficient (Wildman–Crippen LogP) is 5.29. The van der Waals surface area contributed by atoms with Gasteiger partial charge in [0.05, 0.1) is 5.88 Å². The maximum absolute atomic E-state index is 5.89. The zero-order chi connectivity index (χ0) is 12.3. The van der Waals surface area contributed by atoms with Crippen LogP contribution >= 0.6 is 27.5 Å². The highest BCUT2D eigenvalue weighted by atomic mass is 79.9. The lowest BCUT2D eigenvalue weighted by Gasteiger charge is -2.10. The maximum Gasteiger partial charge on any atom is 0.131 e. The van der Waals surface area contributed by atoms with Gasteiger partial charge in [-0.25, -0.2) is 0 Å². The van der Waals surface area contributed by atoms with E-state index in [2.05, 4.69) is 15.9 Å². The topological polar surface area (TPSA) is 9.23 Å². The molecule has 0 bridgehead atoms. The van der Waals surface area contributed by atoms with Crippen LogP contribution in [0.1, 0.15) is 11.1 Å². The fraction of sp³-hybridized carbons (Fsp3) is 0.143. The Labute approximate surface area is 115 Å². The average molecular weight is 312 g/mol. The monoisotopic (exact) mass is 310 g/mol. The van der Waals surface area contributed by atoms with Crippen molar-refractivity contribution in [2.75, 3.05) is 0 Å². The van der Waals surface area contributed by atoms with E-state index in [9.17, 15) is 0 Å². The molecule has 2 aromatic rings. The van der Waals surface area contributed by atoms with Gasteiger partial charge in [0.15, 0.2) is 0 Å². The van der Waals surface area contributed by atoms with E-state index < -0.39 is 0 Å². The molecule has 0 aliphatic carbocycles. The largest absolute Gasteiger partial charge is 0.457 e. The van der Waals surface area contributed by atoms with E-state index in [4.69, 9.17) is 16.3 Å². The Morgan fingerprint density at radius 3 is 2.47 bits per heavy atom. The van der Waals surface area contributed by atoms with Gasteiger partial charge < -0.3 is 4.74 Å². The Kier molecular flexibility index (Phi) is 4.08. The summed E-state index contributed by atoms with van der Waals surface area (Å²) in [6, 6.07) is 13.8. The van der Waals surface area contributed by atoms with Crippen LogP contribution in [0.2, 0.25) is 0 Å². The van der Waals surface area contributed by atoms with E-state index >= 15 is 0 Å². The normalized spacial score (nSPS) is 10.3. The van der Waals surface area contributed by atoms with Crippen molar-refractivity contribution >= 4 is 27.5 Å². The highest BCUT2D eigenvalue weighted by molar-refractivity contribution is 9.10. The summed E-state index contributed by atoms with van der Waals surface area (Å²) in [7, 11) is 0. The SMILES string of the molecule is Cc1ccc(Oc2ccc(Br)cc2CCl)cc1. The van der Waals surface area contributed by atoms with Crippen molar-refractivity contribution in [3.63, 3.8) is 0 Å². The third-order valence-corrected chi connectivity index (χ3v) is 3.20. The van der Waals surface area contributed by atoms with Gasteiger partial charge in [0.25, 0.3) is 0 Å². The molecule has 0 aliphatic heterocycles. The van der Waals surface area contributed by atoms with Crippen LogP contribution in [-0.2, 0) is 5.88 Å². The molecule has 2 aromatic carbocycles. The lowest BCUT2D eigenvalue weighted by molar-refractivity contribution is 0.478. The zero-order valence-corrected chi connectivity index (χ0v) is 11.8. The molecular formula is C14H12BrClO. The highest BCUT2D eigenvalue weighted by Gasteiger charge is 2.04. The number of aryl methyl sites for hydroxylation is 1. The Morgan fingerprint density at radius 2 is 1.82 bits per heavy atom. The minimum absolute atomic E-state index is 0.431. The molecule has 0 saturated heterocycles. The molecule has 1 nitrogen and oxygen atoms in total. The van der Waals surface area contributed by atoms with E-state index in [-0.39, 0.29) is 0 Å². The standard InChI is InChI=1S/C14H12BrClO/c1-10-2-5-13(6-3-10)17-14-7-4-12(15)8-11(14)9-16/h2-8H,9H2,1H3. The third kappa shape index (κ3) is 3.24. The van der Waals surface area contributed by atoms with E-state index in [1.165, 1.54) is 5.56 Å². The van der Waals surface area contributed by atoms with Gasteiger partial charge in [0.1, 0.15) is 11.5 Å². The predicted molar refractivity (Wildman–Crippen MR) is 75.0 cm³/mol. The summed E-state index contributed by atoms with van der Waals surface area (Å²) in [6.07, 6.45) is 0. The highest BCUT2D eigenvalue weighted by Crippen LogP contribution is 2.29. The molecule has 0 amide bonds. The minimum Gasteiger partial charge on any atom is -0.457 e. The van der Waals surface area contributed by atoms with Crippen LogP contribution in [-0.4, -0.2) is 0 Å². The molecule has 0 atom stereocenters. The molecule has 3 heteroatoms. The van der Waals surface area contributed by atoms with Crippen molar-refractivity contribution in [1.29, 1.82) is 0 Å². The van der Waals surface area contributed by atoms with Crippen LogP contribution < -0.4 is 4.74 Å². The summed E-state index contributed by atoms with van der Waals surface area (Å²) in [5.41, 5.74) is 2.19. The maximum atomic E-state index is 5.89. The molecule has 0 radical (unpaired) electrons. The number of alkyl halides is 1. The van der Waals surface area contributed by atoms with Crippen LogP contribution in [0.15, 0.2) is 46.9 Å². The second-order valence-electron chi connectivity index (χ2n) is 3.80. The van der Waals surface area contributed by atoms with Gasteiger partial charge in [-0.15, -0.1) is 11.6 Å². The lowest BCUT2D eigenvalue weighted by Crippen LogP contribution is -1.89. The van der Waals surface area contributed by atoms with Crippen molar-refractivity contribution < 1.29 is 4.74 Å². The van der Waals surface area contributed by atoms with Crippen molar-refractivity contribution in [2.45, 2.75) is 12.8 Å². The molecular weight excluding hydrogens is 300 g/mol. The van der Waals surface area contributed by atoms with Gasteiger partial charge in [0, 0.05) is 10.0 Å². The molecule has 0 unspecified atom stereocenters. The number of hydrogen-bond acceptors (Lipinski definition) is 1. The molecule has 0 fully saturated rings. The van der Waals surface area contributed by atoms with Gasteiger partial charge in [-0.1, -0.05) is 33.6 Å². The fourth-order valence-electron chi connectivity index (χ4n) is 1.49. The van der Waals surface area contributed by atoms with Gasteiger partial charge in [-0.3, -0.25) is 0 Å². The average Bonchev–Trinajstić information content (AvgIpc) is 2.34. The Bertz CT molecular complexity index is 508. The van der Waals surface area contributed by atoms with E-state index in [1.54, 1.807) is 0 Å². The summed E-state index contributed by atoms with van der Waals surface area (Å²) in [5, 5.41) is 0. The van der Waals surface area contributed by atoms with Gasteiger partial charge >= 0.3 is 0 Å². The fourth-order valence-corrected chi connectivity index (χ4v) is 2.10. The van der Waals surface area contributed by atoms with Crippen molar-refractivity contribution in [1.82, 2.24) is 0 Å². The van der Waals surface area contributed by atoms with Gasteiger partial charge in [-0.2, -0.15) is 0 Å². The summed E-state index contributed by atoms with van der Waals surface area (Å²) >= 11 is 9.31. The van der Waals surface area contributed by atoms with Crippen LogP contribution in [0.3, 0.4) is 0 Å². The molecule has 0 aromatic heterocycles.